The van der Waals surface area contributed by atoms with Crippen molar-refractivity contribution in [1.29, 1.82) is 0 Å². The molecule has 0 spiro atoms. The molecule has 0 bridgehead atoms. The van der Waals surface area contributed by atoms with E-state index in [1.807, 2.05) is 0 Å². The number of nitrogens with zero attached hydrogens (tertiary/aromatic N) is 2. The number of alkyl carbamates (subject to hydrolysis) is 1. The van der Waals surface area contributed by atoms with E-state index in [0.717, 1.165) is 12.1 Å². The average molecular weight is 446 g/mol. The molecule has 3 N–H and O–H groups in total. The highest BCUT2D eigenvalue weighted by atomic mass is 19.1. The zero-order valence-electron chi connectivity index (χ0n) is 18.2. The summed E-state index contributed by atoms with van der Waals surface area (Å²) in [6.45, 7) is 6.47. The first-order chi connectivity index (χ1) is 15.0. The van der Waals surface area contributed by atoms with Crippen molar-refractivity contribution in [2.24, 2.45) is 5.73 Å². The summed E-state index contributed by atoms with van der Waals surface area (Å²) in [4.78, 5) is 24.6. The maximum absolute atomic E-state index is 13.9. The third-order valence-corrected chi connectivity index (χ3v) is 4.52. The Morgan fingerprint density at radius 3 is 2.47 bits per heavy atom. The highest BCUT2D eigenvalue weighted by molar-refractivity contribution is 6.03. The van der Waals surface area contributed by atoms with Gasteiger partial charge in [0.25, 0.3) is 0 Å². The molecule has 170 valence electrons. The van der Waals surface area contributed by atoms with Crippen molar-refractivity contribution in [3.8, 4) is 5.88 Å². The van der Waals surface area contributed by atoms with Crippen LogP contribution < -0.4 is 15.8 Å². The van der Waals surface area contributed by atoms with Crippen molar-refractivity contribution in [3.63, 3.8) is 0 Å². The summed E-state index contributed by atoms with van der Waals surface area (Å²) in [6, 6.07) is 6.81. The van der Waals surface area contributed by atoms with Gasteiger partial charge in [0.05, 0.1) is 16.8 Å². The molecule has 0 unspecified atom stereocenters. The Kier molecular flexibility index (Phi) is 6.45. The fourth-order valence-electron chi connectivity index (χ4n) is 3.00. The summed E-state index contributed by atoms with van der Waals surface area (Å²) >= 11 is 0. The maximum Gasteiger partial charge on any atom is 0.415 e. The Bertz CT molecular complexity index is 1160. The average Bonchev–Trinajstić information content (AvgIpc) is 3.01. The Hall–Kier alpha value is -3.53. The molecule has 1 aromatic carbocycles. The van der Waals surface area contributed by atoms with E-state index in [1.165, 1.54) is 10.6 Å². The van der Waals surface area contributed by atoms with Gasteiger partial charge in [0, 0.05) is 18.2 Å². The fraction of sp³-hybridized carbons (Fsp3) is 0.318. The first-order valence-electron chi connectivity index (χ1n) is 9.81. The topological polar surface area (TPSA) is 108 Å². The molecule has 1 amide bonds. The zero-order valence-corrected chi connectivity index (χ0v) is 18.2. The second-order valence-corrected chi connectivity index (χ2v) is 8.14. The largest absolute Gasteiger partial charge is 0.473 e. The van der Waals surface area contributed by atoms with Gasteiger partial charge in [-0.1, -0.05) is 6.07 Å². The van der Waals surface area contributed by atoms with Gasteiger partial charge in [0.2, 0.25) is 5.88 Å². The first-order valence-corrected chi connectivity index (χ1v) is 9.81. The van der Waals surface area contributed by atoms with E-state index in [1.54, 1.807) is 39.8 Å². The number of hydrogen-bond acceptors (Lipinski definition) is 6. The van der Waals surface area contributed by atoms with Crippen molar-refractivity contribution >= 4 is 17.6 Å². The van der Waals surface area contributed by atoms with Gasteiger partial charge in [-0.2, -0.15) is 9.61 Å². The van der Waals surface area contributed by atoms with Gasteiger partial charge in [-0.15, -0.1) is 0 Å². The molecule has 0 aliphatic carbocycles. The number of fused-ring (bicyclic) bond motifs is 1. The van der Waals surface area contributed by atoms with Crippen LogP contribution >= 0.6 is 0 Å². The molecular weight excluding hydrogens is 422 g/mol. The number of aryl methyl sites for hydroxylation is 2. The maximum atomic E-state index is 13.9. The number of rotatable bonds is 6. The molecule has 3 rings (SSSR count). The summed E-state index contributed by atoms with van der Waals surface area (Å²) in [6.07, 6.45) is -0.938. The van der Waals surface area contributed by atoms with E-state index >= 15 is 0 Å². The predicted molar refractivity (Wildman–Crippen MR) is 112 cm³/mol. The van der Waals surface area contributed by atoms with Crippen LogP contribution in [-0.4, -0.2) is 33.8 Å². The van der Waals surface area contributed by atoms with Crippen molar-refractivity contribution < 1.29 is 27.8 Å². The quantitative estimate of drug-likeness (QED) is 0.444. The number of amides is 1. The number of ether oxygens (including phenoxy) is 2. The Balaban J connectivity index is 1.87. The smallest absolute Gasteiger partial charge is 0.415 e. The number of nitrogens with two attached hydrogens (primary N) is 1. The van der Waals surface area contributed by atoms with Gasteiger partial charge in [0.1, 0.15) is 23.8 Å². The molecule has 2 heterocycles. The van der Waals surface area contributed by atoms with Crippen LogP contribution in [0, 0.1) is 25.5 Å². The van der Waals surface area contributed by atoms with Gasteiger partial charge < -0.3 is 20.5 Å². The molecular formula is C22H24F2N4O4. The van der Waals surface area contributed by atoms with Crippen LogP contribution in [-0.2, 0) is 11.3 Å². The number of carbonyl (C=O) groups is 2. The Morgan fingerprint density at radius 2 is 1.84 bits per heavy atom. The summed E-state index contributed by atoms with van der Waals surface area (Å²) in [5.74, 6) is -2.20. The minimum atomic E-state index is -0.938. The summed E-state index contributed by atoms with van der Waals surface area (Å²) < 4.78 is 39.7. The van der Waals surface area contributed by atoms with E-state index < -0.39 is 29.2 Å². The van der Waals surface area contributed by atoms with Gasteiger partial charge in [-0.25, -0.2) is 18.4 Å². The van der Waals surface area contributed by atoms with Crippen molar-refractivity contribution in [2.45, 2.75) is 39.8 Å². The highest BCUT2D eigenvalue weighted by Gasteiger charge is 2.24. The zero-order chi connectivity index (χ0) is 23.6. The van der Waals surface area contributed by atoms with Gasteiger partial charge in [0.15, 0.2) is 0 Å². The van der Waals surface area contributed by atoms with Crippen LogP contribution in [0.1, 0.15) is 41.0 Å². The third kappa shape index (κ3) is 5.20. The molecule has 10 heteroatoms. The molecule has 0 fully saturated rings. The first kappa shape index (κ1) is 23.1. The molecule has 0 aliphatic heterocycles. The standard InChI is InChI=1S/C22H24F2N4O4/c1-12-8-17-19(20(29)32-21(30)26-11-22(3,4)25)13(2)27-28(17)18(9-12)31-10-14-15(23)6-5-7-16(14)24/h5-9H,10-11,25H2,1-4H3,(H,26,30). The van der Waals surface area contributed by atoms with Crippen LogP contribution in [0.3, 0.4) is 0 Å². The number of halogens is 2. The third-order valence-electron chi connectivity index (χ3n) is 4.52. The van der Waals surface area contributed by atoms with E-state index in [9.17, 15) is 18.4 Å². The molecule has 0 saturated heterocycles. The number of aromatic nitrogens is 2. The van der Waals surface area contributed by atoms with Crippen LogP contribution in [0.25, 0.3) is 5.52 Å². The lowest BCUT2D eigenvalue weighted by molar-refractivity contribution is 0.0621. The lowest BCUT2D eigenvalue weighted by Crippen LogP contribution is -2.45. The fourth-order valence-corrected chi connectivity index (χ4v) is 3.00. The second kappa shape index (κ2) is 8.91. The summed E-state index contributed by atoms with van der Waals surface area (Å²) in [7, 11) is 0. The number of carbonyl (C=O) groups excluding carboxylic acids is 2. The van der Waals surface area contributed by atoms with E-state index in [0.29, 0.717) is 11.1 Å². The summed E-state index contributed by atoms with van der Waals surface area (Å²) in [5.41, 5.74) is 6.27. The van der Waals surface area contributed by atoms with Gasteiger partial charge in [-0.05, 0) is 51.5 Å². The molecule has 2 aromatic heterocycles. The highest BCUT2D eigenvalue weighted by Crippen LogP contribution is 2.25. The van der Waals surface area contributed by atoms with Gasteiger partial charge in [-0.3, -0.25) is 0 Å². The molecule has 0 atom stereocenters. The number of esters is 1. The molecule has 0 aliphatic rings. The Morgan fingerprint density at radius 1 is 1.19 bits per heavy atom. The van der Waals surface area contributed by atoms with Crippen LogP contribution in [0.5, 0.6) is 5.88 Å². The van der Waals surface area contributed by atoms with Crippen LogP contribution in [0.15, 0.2) is 30.3 Å². The Labute approximate surface area is 183 Å². The molecule has 0 saturated carbocycles. The SMILES string of the molecule is Cc1cc(OCc2c(F)cccc2F)n2nc(C)c(C(=O)OC(=O)NCC(C)(C)N)c2c1. The van der Waals surface area contributed by atoms with Gasteiger partial charge >= 0.3 is 12.1 Å². The molecule has 32 heavy (non-hydrogen) atoms. The lowest BCUT2D eigenvalue weighted by atomic mass is 10.1. The minimum Gasteiger partial charge on any atom is -0.473 e. The van der Waals surface area contributed by atoms with E-state index in [2.05, 4.69) is 10.4 Å². The van der Waals surface area contributed by atoms with Crippen LogP contribution in [0.4, 0.5) is 13.6 Å². The predicted octanol–water partition coefficient (Wildman–Crippen LogP) is 3.41. The van der Waals surface area contributed by atoms with Crippen molar-refractivity contribution in [2.75, 3.05) is 6.54 Å². The van der Waals surface area contributed by atoms with Crippen LogP contribution in [0.2, 0.25) is 0 Å². The number of benzene rings is 1. The number of hydrogen-bond donors (Lipinski definition) is 2. The van der Waals surface area contributed by atoms with Crippen molar-refractivity contribution in [1.82, 2.24) is 14.9 Å². The monoisotopic (exact) mass is 446 g/mol. The van der Waals surface area contributed by atoms with Crippen molar-refractivity contribution in [3.05, 3.63) is 64.4 Å². The lowest BCUT2D eigenvalue weighted by Gasteiger charge is -2.18. The summed E-state index contributed by atoms with van der Waals surface area (Å²) in [5, 5.41) is 6.70. The molecule has 8 nitrogen and oxygen atoms in total. The normalized spacial score (nSPS) is 11.5. The number of pyridine rings is 1. The second-order valence-electron chi connectivity index (χ2n) is 8.14. The van der Waals surface area contributed by atoms with E-state index in [4.69, 9.17) is 15.2 Å². The molecule has 0 radical (unpaired) electrons. The minimum absolute atomic E-state index is 0.0674. The molecule has 3 aromatic rings. The van der Waals surface area contributed by atoms with E-state index in [-0.39, 0.29) is 35.9 Å². The number of nitrogens with one attached hydrogen (secondary N) is 1.